The van der Waals surface area contributed by atoms with Crippen LogP contribution >= 0.6 is 15.9 Å². The van der Waals surface area contributed by atoms with Crippen LogP contribution in [0.4, 0.5) is 10.1 Å². The lowest BCUT2D eigenvalue weighted by atomic mass is 10.2. The van der Waals surface area contributed by atoms with Crippen LogP contribution in [0.2, 0.25) is 0 Å². The molecule has 8 heteroatoms. The summed E-state index contributed by atoms with van der Waals surface area (Å²) >= 11 is 3.22. The summed E-state index contributed by atoms with van der Waals surface area (Å²) in [5.41, 5.74) is 0.169. The molecule has 0 aliphatic heterocycles. The van der Waals surface area contributed by atoms with Gasteiger partial charge >= 0.3 is 5.69 Å². The molecular formula is C13H13BrFN3O3. The molecule has 0 aliphatic carbocycles. The second kappa shape index (κ2) is 6.21. The molecule has 0 radical (unpaired) electrons. The molecule has 0 unspecified atom stereocenters. The van der Waals surface area contributed by atoms with E-state index in [-0.39, 0.29) is 17.3 Å². The number of rotatable bonds is 5. The summed E-state index contributed by atoms with van der Waals surface area (Å²) in [4.78, 5) is 10.7. The molecular weight excluding hydrogens is 345 g/mol. The minimum atomic E-state index is -0.527. The minimum Gasteiger partial charge on any atom is -0.433 e. The average molecular weight is 358 g/mol. The average Bonchev–Trinajstić information content (AvgIpc) is 2.71. The number of halogens is 2. The number of aromatic nitrogens is 2. The zero-order valence-corrected chi connectivity index (χ0v) is 13.1. The molecule has 0 spiro atoms. The first-order valence-corrected chi connectivity index (χ1v) is 7.06. The van der Waals surface area contributed by atoms with Gasteiger partial charge in [-0.05, 0) is 34.5 Å². The Morgan fingerprint density at radius 1 is 1.52 bits per heavy atom. The largest absolute Gasteiger partial charge is 0.433 e. The van der Waals surface area contributed by atoms with E-state index < -0.39 is 10.7 Å². The van der Waals surface area contributed by atoms with Gasteiger partial charge in [0.1, 0.15) is 17.3 Å². The van der Waals surface area contributed by atoms with Gasteiger partial charge in [0, 0.05) is 13.1 Å². The number of nitro groups is 1. The minimum absolute atomic E-state index is 0.0187. The van der Waals surface area contributed by atoms with Gasteiger partial charge in [0.05, 0.1) is 9.40 Å². The van der Waals surface area contributed by atoms with Crippen LogP contribution in [-0.2, 0) is 13.5 Å². The monoisotopic (exact) mass is 357 g/mol. The van der Waals surface area contributed by atoms with E-state index in [1.807, 2.05) is 6.92 Å². The predicted molar refractivity (Wildman–Crippen MR) is 78.0 cm³/mol. The maximum absolute atomic E-state index is 13.3. The fourth-order valence-corrected chi connectivity index (χ4v) is 2.24. The second-order valence-electron chi connectivity index (χ2n) is 4.41. The molecule has 2 aromatic rings. The first-order chi connectivity index (χ1) is 9.93. The van der Waals surface area contributed by atoms with Gasteiger partial charge in [-0.3, -0.25) is 10.1 Å². The first kappa shape index (κ1) is 15.4. The molecule has 0 N–H and O–H groups in total. The topological polar surface area (TPSA) is 70.2 Å². The van der Waals surface area contributed by atoms with Crippen molar-refractivity contribution in [3.63, 3.8) is 0 Å². The molecule has 0 fully saturated rings. The zero-order valence-electron chi connectivity index (χ0n) is 11.5. The predicted octanol–water partition coefficient (Wildman–Crippen LogP) is 3.97. The Balaban J connectivity index is 2.48. The molecule has 2 rings (SSSR count). The van der Waals surface area contributed by atoms with E-state index >= 15 is 0 Å². The molecule has 0 aliphatic rings. The van der Waals surface area contributed by atoms with Crippen molar-refractivity contribution in [3.8, 4) is 11.6 Å². The summed E-state index contributed by atoms with van der Waals surface area (Å²) in [5.74, 6) is -0.356. The Kier molecular flexibility index (Phi) is 4.56. The Morgan fingerprint density at radius 3 is 2.86 bits per heavy atom. The number of ether oxygens (including phenoxy) is 1. The molecule has 112 valence electrons. The molecule has 21 heavy (non-hydrogen) atoms. The van der Waals surface area contributed by atoms with Crippen molar-refractivity contribution in [2.24, 2.45) is 7.05 Å². The highest BCUT2D eigenvalue weighted by atomic mass is 79.9. The fraction of sp³-hybridized carbons (Fsp3) is 0.308. The third-order valence-electron chi connectivity index (χ3n) is 2.81. The van der Waals surface area contributed by atoms with Gasteiger partial charge in [0.15, 0.2) is 0 Å². The van der Waals surface area contributed by atoms with Gasteiger partial charge in [-0.15, -0.1) is 0 Å². The molecule has 0 saturated heterocycles. The number of aryl methyl sites for hydroxylation is 2. The second-order valence-corrected chi connectivity index (χ2v) is 5.26. The molecule has 0 atom stereocenters. The van der Waals surface area contributed by atoms with Crippen LogP contribution in [0.25, 0.3) is 0 Å². The quantitative estimate of drug-likeness (QED) is 0.599. The van der Waals surface area contributed by atoms with Crippen molar-refractivity contribution in [1.82, 2.24) is 9.78 Å². The maximum Gasteiger partial charge on any atom is 0.353 e. The van der Waals surface area contributed by atoms with Gasteiger partial charge in [-0.1, -0.05) is 13.3 Å². The highest BCUT2D eigenvalue weighted by molar-refractivity contribution is 9.10. The Morgan fingerprint density at radius 2 is 2.24 bits per heavy atom. The zero-order chi connectivity index (χ0) is 15.6. The van der Waals surface area contributed by atoms with Crippen LogP contribution in [0.5, 0.6) is 11.6 Å². The lowest BCUT2D eigenvalue weighted by Gasteiger charge is -2.07. The van der Waals surface area contributed by atoms with Crippen LogP contribution in [-0.4, -0.2) is 14.7 Å². The normalized spacial score (nSPS) is 10.7. The SMILES string of the molecule is CCCc1nn(C)c(Oc2cc(F)ccc2Br)c1[N+](=O)[O-]. The smallest absolute Gasteiger partial charge is 0.353 e. The third kappa shape index (κ3) is 3.21. The summed E-state index contributed by atoms with van der Waals surface area (Å²) < 4.78 is 20.6. The molecule has 0 bridgehead atoms. The summed E-state index contributed by atoms with van der Waals surface area (Å²) in [5, 5.41) is 15.4. The summed E-state index contributed by atoms with van der Waals surface area (Å²) in [7, 11) is 1.55. The van der Waals surface area contributed by atoms with E-state index in [2.05, 4.69) is 21.0 Å². The summed E-state index contributed by atoms with van der Waals surface area (Å²) in [6.45, 7) is 1.90. The van der Waals surface area contributed by atoms with Crippen LogP contribution in [0.3, 0.4) is 0 Å². The highest BCUT2D eigenvalue weighted by Crippen LogP contribution is 2.37. The van der Waals surface area contributed by atoms with E-state index in [9.17, 15) is 14.5 Å². The summed E-state index contributed by atoms with van der Waals surface area (Å²) in [6.07, 6.45) is 1.19. The van der Waals surface area contributed by atoms with E-state index in [4.69, 9.17) is 4.74 Å². The Bertz CT molecular complexity index is 688. The van der Waals surface area contributed by atoms with Gasteiger partial charge in [0.2, 0.25) is 0 Å². The Hall–Kier alpha value is -1.96. The van der Waals surface area contributed by atoms with Crippen molar-refractivity contribution in [1.29, 1.82) is 0 Å². The molecule has 0 saturated carbocycles. The molecule has 0 amide bonds. The van der Waals surface area contributed by atoms with Crippen molar-refractivity contribution in [2.45, 2.75) is 19.8 Å². The highest BCUT2D eigenvalue weighted by Gasteiger charge is 2.28. The van der Waals surface area contributed by atoms with Gasteiger partial charge in [-0.25, -0.2) is 9.07 Å². The lowest BCUT2D eigenvalue weighted by Crippen LogP contribution is -1.98. The van der Waals surface area contributed by atoms with E-state index in [1.54, 1.807) is 7.05 Å². The molecule has 1 heterocycles. The van der Waals surface area contributed by atoms with Crippen LogP contribution in [0.1, 0.15) is 19.0 Å². The molecule has 6 nitrogen and oxygen atoms in total. The number of hydrogen-bond donors (Lipinski definition) is 0. The fourth-order valence-electron chi connectivity index (χ4n) is 1.91. The van der Waals surface area contributed by atoms with Gasteiger partial charge in [0.25, 0.3) is 5.88 Å². The van der Waals surface area contributed by atoms with E-state index in [1.165, 1.54) is 16.8 Å². The lowest BCUT2D eigenvalue weighted by molar-refractivity contribution is -0.386. The van der Waals surface area contributed by atoms with Crippen LogP contribution < -0.4 is 4.74 Å². The molecule has 1 aromatic heterocycles. The summed E-state index contributed by atoms with van der Waals surface area (Å²) in [6, 6.07) is 3.89. The molecule has 1 aromatic carbocycles. The van der Waals surface area contributed by atoms with Crippen molar-refractivity contribution >= 4 is 21.6 Å². The Labute approximate surface area is 128 Å². The van der Waals surface area contributed by atoms with E-state index in [0.717, 1.165) is 12.5 Å². The third-order valence-corrected chi connectivity index (χ3v) is 3.46. The standard InChI is InChI=1S/C13H13BrFN3O3/c1-3-4-10-12(18(19)20)13(17(2)16-10)21-11-7-8(15)5-6-9(11)14/h5-7H,3-4H2,1-2H3. The van der Waals surface area contributed by atoms with Gasteiger partial charge in [-0.2, -0.15) is 5.10 Å². The van der Waals surface area contributed by atoms with Crippen molar-refractivity contribution < 1.29 is 14.1 Å². The van der Waals surface area contributed by atoms with Crippen LogP contribution in [0.15, 0.2) is 22.7 Å². The first-order valence-electron chi connectivity index (χ1n) is 6.27. The van der Waals surface area contributed by atoms with Gasteiger partial charge < -0.3 is 4.74 Å². The van der Waals surface area contributed by atoms with Crippen LogP contribution in [0, 0.1) is 15.9 Å². The number of nitrogens with zero attached hydrogens (tertiary/aromatic N) is 3. The maximum atomic E-state index is 13.3. The number of benzene rings is 1. The van der Waals surface area contributed by atoms with E-state index in [0.29, 0.717) is 16.6 Å². The van der Waals surface area contributed by atoms with Crippen molar-refractivity contribution in [2.75, 3.05) is 0 Å². The van der Waals surface area contributed by atoms with Crippen molar-refractivity contribution in [3.05, 3.63) is 44.3 Å². The number of hydrogen-bond acceptors (Lipinski definition) is 4.